The van der Waals surface area contributed by atoms with Gasteiger partial charge in [0, 0.05) is 11.1 Å². The molecule has 0 spiro atoms. The molecule has 2 aromatic rings. The molecular formula is C13H8Cl2N2O3. The van der Waals surface area contributed by atoms with Gasteiger partial charge in [0.25, 0.3) is 11.6 Å². The van der Waals surface area contributed by atoms with Crippen LogP contribution < -0.4 is 5.32 Å². The Kier molecular flexibility index (Phi) is 4.22. The van der Waals surface area contributed by atoms with Crippen molar-refractivity contribution in [3.05, 3.63) is 68.2 Å². The van der Waals surface area contributed by atoms with Gasteiger partial charge in [0.15, 0.2) is 0 Å². The van der Waals surface area contributed by atoms with E-state index in [1.807, 2.05) is 0 Å². The molecule has 102 valence electrons. The quantitative estimate of drug-likeness (QED) is 0.683. The molecule has 0 atom stereocenters. The normalized spacial score (nSPS) is 10.1. The number of carbonyl (C=O) groups excluding carboxylic acids is 1. The van der Waals surface area contributed by atoms with Gasteiger partial charge >= 0.3 is 0 Å². The Morgan fingerprint density at radius 2 is 1.85 bits per heavy atom. The van der Waals surface area contributed by atoms with Crippen molar-refractivity contribution in [3.8, 4) is 0 Å². The van der Waals surface area contributed by atoms with Gasteiger partial charge in [0.1, 0.15) is 5.69 Å². The number of hydrogen-bond acceptors (Lipinski definition) is 3. The molecule has 5 nitrogen and oxygen atoms in total. The first-order valence-electron chi connectivity index (χ1n) is 5.49. The number of nitro groups is 1. The molecule has 0 aliphatic carbocycles. The van der Waals surface area contributed by atoms with Crippen LogP contribution in [0.4, 0.5) is 11.4 Å². The van der Waals surface area contributed by atoms with Crippen LogP contribution in [0.5, 0.6) is 0 Å². The van der Waals surface area contributed by atoms with Crippen LogP contribution in [0.2, 0.25) is 10.0 Å². The zero-order valence-corrected chi connectivity index (χ0v) is 11.5. The van der Waals surface area contributed by atoms with Gasteiger partial charge in [-0.15, -0.1) is 0 Å². The highest BCUT2D eigenvalue weighted by Gasteiger charge is 2.18. The second-order valence-electron chi connectivity index (χ2n) is 3.85. The number of carbonyl (C=O) groups is 1. The Hall–Kier alpha value is -2.11. The fourth-order valence-corrected chi connectivity index (χ4v) is 1.98. The van der Waals surface area contributed by atoms with Crippen LogP contribution in [-0.4, -0.2) is 10.8 Å². The van der Waals surface area contributed by atoms with Crippen molar-refractivity contribution >= 4 is 40.5 Å². The first kappa shape index (κ1) is 14.3. The lowest BCUT2D eigenvalue weighted by molar-refractivity contribution is -0.383. The molecule has 0 fully saturated rings. The Bertz CT molecular complexity index is 689. The number of nitrogens with one attached hydrogen (secondary N) is 1. The predicted molar refractivity (Wildman–Crippen MR) is 77.5 cm³/mol. The van der Waals surface area contributed by atoms with Gasteiger partial charge in [-0.1, -0.05) is 35.3 Å². The molecule has 0 saturated carbocycles. The maximum Gasteiger partial charge on any atom is 0.294 e. The number of nitro benzene ring substituents is 1. The van der Waals surface area contributed by atoms with Gasteiger partial charge in [-0.05, 0) is 24.3 Å². The van der Waals surface area contributed by atoms with Crippen molar-refractivity contribution in [2.75, 3.05) is 5.32 Å². The molecule has 0 heterocycles. The van der Waals surface area contributed by atoms with Crippen molar-refractivity contribution in [2.24, 2.45) is 0 Å². The zero-order chi connectivity index (χ0) is 14.7. The molecule has 0 radical (unpaired) electrons. The van der Waals surface area contributed by atoms with Gasteiger partial charge < -0.3 is 5.32 Å². The van der Waals surface area contributed by atoms with Crippen LogP contribution in [0.15, 0.2) is 42.5 Å². The van der Waals surface area contributed by atoms with E-state index in [1.165, 1.54) is 24.3 Å². The summed E-state index contributed by atoms with van der Waals surface area (Å²) in [4.78, 5) is 22.4. The second kappa shape index (κ2) is 5.90. The van der Waals surface area contributed by atoms with Crippen LogP contribution in [0, 0.1) is 10.1 Å². The summed E-state index contributed by atoms with van der Waals surface area (Å²) in [6.07, 6.45) is 0. The first-order valence-corrected chi connectivity index (χ1v) is 6.24. The Labute approximate surface area is 124 Å². The van der Waals surface area contributed by atoms with E-state index in [0.29, 0.717) is 0 Å². The molecule has 0 aliphatic rings. The highest BCUT2D eigenvalue weighted by atomic mass is 35.5. The van der Waals surface area contributed by atoms with E-state index in [0.717, 1.165) is 0 Å². The van der Waals surface area contributed by atoms with E-state index >= 15 is 0 Å². The Morgan fingerprint density at radius 1 is 1.15 bits per heavy atom. The summed E-state index contributed by atoms with van der Waals surface area (Å²) >= 11 is 11.6. The topological polar surface area (TPSA) is 72.2 Å². The van der Waals surface area contributed by atoms with Gasteiger partial charge in [-0.2, -0.15) is 0 Å². The Morgan fingerprint density at radius 3 is 2.50 bits per heavy atom. The fraction of sp³-hybridized carbons (Fsp3) is 0. The summed E-state index contributed by atoms with van der Waals surface area (Å²) < 4.78 is 0. The number of rotatable bonds is 3. The van der Waals surface area contributed by atoms with Gasteiger partial charge in [0.2, 0.25) is 0 Å². The van der Waals surface area contributed by atoms with E-state index in [1.54, 1.807) is 18.2 Å². The average molecular weight is 311 g/mol. The summed E-state index contributed by atoms with van der Waals surface area (Å²) in [7, 11) is 0. The standard InChI is InChI=1S/C13H8Cl2N2O3/c14-8-5-6-11(12(7-8)17(19)20)16-13(18)9-3-1-2-4-10(9)15/h1-7H,(H,16,18). The van der Waals surface area contributed by atoms with Gasteiger partial charge in [0.05, 0.1) is 15.5 Å². The van der Waals surface area contributed by atoms with E-state index < -0.39 is 10.8 Å². The summed E-state index contributed by atoms with van der Waals surface area (Å²) in [5.41, 5.74) is 0.0145. The molecule has 2 aromatic carbocycles. The number of benzene rings is 2. The van der Waals surface area contributed by atoms with Crippen molar-refractivity contribution in [3.63, 3.8) is 0 Å². The minimum absolute atomic E-state index is 0.0596. The van der Waals surface area contributed by atoms with Crippen molar-refractivity contribution in [1.29, 1.82) is 0 Å². The maximum atomic E-state index is 12.0. The molecule has 0 aliphatic heterocycles. The summed E-state index contributed by atoms with van der Waals surface area (Å²) in [5.74, 6) is -0.527. The van der Waals surface area contributed by atoms with Crippen LogP contribution >= 0.6 is 23.2 Å². The van der Waals surface area contributed by atoms with Crippen LogP contribution in [-0.2, 0) is 0 Å². The maximum absolute atomic E-state index is 12.0. The molecule has 0 bridgehead atoms. The second-order valence-corrected chi connectivity index (χ2v) is 4.70. The zero-order valence-electron chi connectivity index (χ0n) is 9.97. The molecule has 0 unspecified atom stereocenters. The molecule has 0 saturated heterocycles. The number of anilines is 1. The molecule has 7 heteroatoms. The molecule has 0 aromatic heterocycles. The summed E-state index contributed by atoms with van der Waals surface area (Å²) in [6.45, 7) is 0. The number of halogens is 2. The molecule has 2 rings (SSSR count). The van der Waals surface area contributed by atoms with Crippen molar-refractivity contribution in [2.45, 2.75) is 0 Å². The highest BCUT2D eigenvalue weighted by Crippen LogP contribution is 2.28. The molecular weight excluding hydrogens is 303 g/mol. The lowest BCUT2D eigenvalue weighted by Crippen LogP contribution is -2.13. The lowest BCUT2D eigenvalue weighted by Gasteiger charge is -2.07. The van der Waals surface area contributed by atoms with Gasteiger partial charge in [-0.25, -0.2) is 0 Å². The minimum Gasteiger partial charge on any atom is -0.316 e. The van der Waals surface area contributed by atoms with E-state index in [-0.39, 0.29) is 27.0 Å². The van der Waals surface area contributed by atoms with Gasteiger partial charge in [-0.3, -0.25) is 14.9 Å². The predicted octanol–water partition coefficient (Wildman–Crippen LogP) is 4.15. The largest absolute Gasteiger partial charge is 0.316 e. The Balaban J connectivity index is 2.33. The van der Waals surface area contributed by atoms with Crippen molar-refractivity contribution in [1.82, 2.24) is 0 Å². The monoisotopic (exact) mass is 310 g/mol. The van der Waals surface area contributed by atoms with E-state index in [9.17, 15) is 14.9 Å². The third-order valence-corrected chi connectivity index (χ3v) is 3.09. The summed E-state index contributed by atoms with van der Waals surface area (Å²) in [5, 5.41) is 13.9. The highest BCUT2D eigenvalue weighted by molar-refractivity contribution is 6.34. The fourth-order valence-electron chi connectivity index (χ4n) is 1.60. The molecule has 20 heavy (non-hydrogen) atoms. The average Bonchev–Trinajstić information content (AvgIpc) is 2.41. The number of amides is 1. The molecule has 1 N–H and O–H groups in total. The number of nitrogens with zero attached hydrogens (tertiary/aromatic N) is 1. The van der Waals surface area contributed by atoms with Crippen LogP contribution in [0.25, 0.3) is 0 Å². The molecule has 1 amide bonds. The SMILES string of the molecule is O=C(Nc1ccc(Cl)cc1[N+](=O)[O-])c1ccccc1Cl. The van der Waals surface area contributed by atoms with Crippen LogP contribution in [0.3, 0.4) is 0 Å². The van der Waals surface area contributed by atoms with E-state index in [2.05, 4.69) is 5.32 Å². The van der Waals surface area contributed by atoms with E-state index in [4.69, 9.17) is 23.2 Å². The third kappa shape index (κ3) is 3.07. The third-order valence-electron chi connectivity index (χ3n) is 2.52. The first-order chi connectivity index (χ1) is 9.49. The summed E-state index contributed by atoms with van der Waals surface area (Å²) in [6, 6.07) is 10.4. The van der Waals surface area contributed by atoms with Crippen molar-refractivity contribution < 1.29 is 9.72 Å². The van der Waals surface area contributed by atoms with Crippen LogP contribution in [0.1, 0.15) is 10.4 Å². The smallest absolute Gasteiger partial charge is 0.294 e. The minimum atomic E-state index is -0.617. The lowest BCUT2D eigenvalue weighted by atomic mass is 10.2. The number of hydrogen-bond donors (Lipinski definition) is 1.